The average molecular weight is 433 g/mol. The topological polar surface area (TPSA) is 69.3 Å². The van der Waals surface area contributed by atoms with E-state index in [9.17, 15) is 4.79 Å². The van der Waals surface area contributed by atoms with E-state index < -0.39 is 0 Å². The molecule has 1 aliphatic heterocycles. The van der Waals surface area contributed by atoms with Crippen LogP contribution in [0.25, 0.3) is 6.08 Å². The zero-order chi connectivity index (χ0) is 21.3. The zero-order valence-corrected chi connectivity index (χ0v) is 18.4. The predicted octanol–water partition coefficient (Wildman–Crippen LogP) is 2.98. The average Bonchev–Trinajstić information content (AvgIpc) is 3.32. The zero-order valence-electron chi connectivity index (χ0n) is 17.6. The van der Waals surface area contributed by atoms with Gasteiger partial charge in [-0.05, 0) is 35.2 Å². The second kappa shape index (κ2) is 11.0. The summed E-state index contributed by atoms with van der Waals surface area (Å²) in [5.74, 6) is 1.45. The molecule has 1 amide bonds. The standard InChI is InChI=1S/C22H28N2O5S/c1-26-18-13-16(14-19(27-2)22(18)28-3)6-7-21(25)23-15-17(20-5-4-12-30-20)24-8-10-29-11-9-24/h4-7,12-14,17H,8-11,15H2,1-3H3,(H,23,25)/b7-6+. The normalized spacial score (nSPS) is 15.7. The molecule has 1 N–H and O–H groups in total. The maximum Gasteiger partial charge on any atom is 0.244 e. The number of carbonyl (C=O) groups excluding carboxylic acids is 1. The Bertz CT molecular complexity index is 822. The first kappa shape index (κ1) is 22.1. The van der Waals surface area contributed by atoms with Gasteiger partial charge in [0.15, 0.2) is 11.5 Å². The van der Waals surface area contributed by atoms with Gasteiger partial charge in [0.1, 0.15) is 0 Å². The van der Waals surface area contributed by atoms with Crippen LogP contribution in [-0.4, -0.2) is 65.0 Å². The van der Waals surface area contributed by atoms with Crippen molar-refractivity contribution in [2.45, 2.75) is 6.04 Å². The van der Waals surface area contributed by atoms with Gasteiger partial charge in [0.05, 0.1) is 40.6 Å². The van der Waals surface area contributed by atoms with E-state index in [1.54, 1.807) is 50.9 Å². The first-order chi connectivity index (χ1) is 14.7. The highest BCUT2D eigenvalue weighted by atomic mass is 32.1. The van der Waals surface area contributed by atoms with E-state index >= 15 is 0 Å². The molecule has 0 radical (unpaired) electrons. The Morgan fingerprint density at radius 3 is 2.47 bits per heavy atom. The molecule has 3 rings (SSSR count). The van der Waals surface area contributed by atoms with Crippen LogP contribution in [0.15, 0.2) is 35.7 Å². The van der Waals surface area contributed by atoms with Gasteiger partial charge in [0.2, 0.25) is 11.7 Å². The van der Waals surface area contributed by atoms with Crippen molar-refractivity contribution in [2.75, 3.05) is 54.2 Å². The first-order valence-corrected chi connectivity index (χ1v) is 10.6. The molecular weight excluding hydrogens is 404 g/mol. The summed E-state index contributed by atoms with van der Waals surface area (Å²) in [6, 6.07) is 7.90. The minimum atomic E-state index is -0.154. The monoisotopic (exact) mass is 432 g/mol. The summed E-state index contributed by atoms with van der Waals surface area (Å²) in [6.07, 6.45) is 3.25. The maximum atomic E-state index is 12.5. The third-order valence-electron chi connectivity index (χ3n) is 4.94. The van der Waals surface area contributed by atoms with Crippen molar-refractivity contribution < 1.29 is 23.7 Å². The number of rotatable bonds is 9. The van der Waals surface area contributed by atoms with E-state index in [-0.39, 0.29) is 11.9 Å². The maximum absolute atomic E-state index is 12.5. The molecule has 1 saturated heterocycles. The van der Waals surface area contributed by atoms with Crippen LogP contribution in [0, 0.1) is 0 Å². The second-order valence-electron chi connectivity index (χ2n) is 6.72. The van der Waals surface area contributed by atoms with Gasteiger partial charge in [-0.1, -0.05) is 6.07 Å². The SMILES string of the molecule is COc1cc(/C=C/C(=O)NCC(c2cccs2)N2CCOCC2)cc(OC)c1OC. The molecule has 0 bridgehead atoms. The fraction of sp³-hybridized carbons (Fsp3) is 0.409. The molecule has 1 unspecified atom stereocenters. The molecule has 0 saturated carbocycles. The van der Waals surface area contributed by atoms with Crippen molar-refractivity contribution in [2.24, 2.45) is 0 Å². The second-order valence-corrected chi connectivity index (χ2v) is 7.70. The Hall–Kier alpha value is -2.55. The number of hydrogen-bond acceptors (Lipinski definition) is 7. The van der Waals surface area contributed by atoms with Crippen molar-refractivity contribution in [3.63, 3.8) is 0 Å². The summed E-state index contributed by atoms with van der Waals surface area (Å²) in [5.41, 5.74) is 0.780. The van der Waals surface area contributed by atoms with Crippen LogP contribution in [0.5, 0.6) is 17.2 Å². The lowest BCUT2D eigenvalue weighted by atomic mass is 10.1. The molecule has 1 aromatic heterocycles. The van der Waals surface area contributed by atoms with E-state index in [0.29, 0.717) is 23.8 Å². The van der Waals surface area contributed by atoms with Crippen LogP contribution in [0.4, 0.5) is 0 Å². The molecule has 162 valence electrons. The van der Waals surface area contributed by atoms with E-state index in [1.807, 2.05) is 6.07 Å². The molecule has 1 aromatic carbocycles. The lowest BCUT2D eigenvalue weighted by molar-refractivity contribution is -0.116. The lowest BCUT2D eigenvalue weighted by Crippen LogP contribution is -2.43. The number of benzene rings is 1. The van der Waals surface area contributed by atoms with Crippen LogP contribution in [0.3, 0.4) is 0 Å². The number of carbonyl (C=O) groups is 1. The highest BCUT2D eigenvalue weighted by Crippen LogP contribution is 2.38. The molecule has 8 heteroatoms. The molecule has 0 aliphatic carbocycles. The van der Waals surface area contributed by atoms with Gasteiger partial charge >= 0.3 is 0 Å². The molecule has 1 aliphatic rings. The third kappa shape index (κ3) is 5.53. The van der Waals surface area contributed by atoms with Crippen LogP contribution in [-0.2, 0) is 9.53 Å². The number of methoxy groups -OCH3 is 3. The number of morpholine rings is 1. The smallest absolute Gasteiger partial charge is 0.244 e. The molecule has 0 spiro atoms. The number of hydrogen-bond donors (Lipinski definition) is 1. The predicted molar refractivity (Wildman–Crippen MR) is 118 cm³/mol. The number of amides is 1. The van der Waals surface area contributed by atoms with Gasteiger partial charge in [-0.25, -0.2) is 0 Å². The van der Waals surface area contributed by atoms with Crippen molar-refractivity contribution in [1.82, 2.24) is 10.2 Å². The van der Waals surface area contributed by atoms with Gasteiger partial charge in [0, 0.05) is 30.6 Å². The summed E-state index contributed by atoms with van der Waals surface area (Å²) < 4.78 is 21.5. The molecule has 1 fully saturated rings. The quantitative estimate of drug-likeness (QED) is 0.615. The largest absolute Gasteiger partial charge is 0.493 e. The molecule has 7 nitrogen and oxygen atoms in total. The fourth-order valence-corrected chi connectivity index (χ4v) is 4.27. The highest BCUT2D eigenvalue weighted by molar-refractivity contribution is 7.10. The Morgan fingerprint density at radius 2 is 1.90 bits per heavy atom. The minimum absolute atomic E-state index is 0.146. The third-order valence-corrected chi connectivity index (χ3v) is 5.92. The number of ether oxygens (including phenoxy) is 4. The number of thiophene rings is 1. The molecule has 2 heterocycles. The molecule has 1 atom stereocenters. The Labute approximate surface area is 181 Å². The molecule has 2 aromatic rings. The van der Waals surface area contributed by atoms with Crippen LogP contribution < -0.4 is 19.5 Å². The van der Waals surface area contributed by atoms with Crippen molar-refractivity contribution in [1.29, 1.82) is 0 Å². The molecular formula is C22H28N2O5S. The van der Waals surface area contributed by atoms with E-state index in [1.165, 1.54) is 11.0 Å². The number of nitrogens with zero attached hydrogens (tertiary/aromatic N) is 1. The minimum Gasteiger partial charge on any atom is -0.493 e. The van der Waals surface area contributed by atoms with Crippen LogP contribution in [0.2, 0.25) is 0 Å². The van der Waals surface area contributed by atoms with Gasteiger partial charge in [0.25, 0.3) is 0 Å². The fourth-order valence-electron chi connectivity index (χ4n) is 3.41. The summed E-state index contributed by atoms with van der Waals surface area (Å²) in [6.45, 7) is 3.70. The Kier molecular flexibility index (Phi) is 8.12. The first-order valence-electron chi connectivity index (χ1n) is 9.77. The van der Waals surface area contributed by atoms with Gasteiger partial charge in [-0.3, -0.25) is 9.69 Å². The van der Waals surface area contributed by atoms with Gasteiger partial charge < -0.3 is 24.3 Å². The highest BCUT2D eigenvalue weighted by Gasteiger charge is 2.23. The van der Waals surface area contributed by atoms with E-state index in [2.05, 4.69) is 21.7 Å². The lowest BCUT2D eigenvalue weighted by Gasteiger charge is -2.34. The molecule has 30 heavy (non-hydrogen) atoms. The van der Waals surface area contributed by atoms with Crippen LogP contribution in [0.1, 0.15) is 16.5 Å². The number of nitrogens with one attached hydrogen (secondary N) is 1. The summed E-state index contributed by atoms with van der Waals surface area (Å²) in [7, 11) is 4.68. The summed E-state index contributed by atoms with van der Waals surface area (Å²) in [4.78, 5) is 16.1. The van der Waals surface area contributed by atoms with Crippen molar-refractivity contribution in [3.8, 4) is 17.2 Å². The van der Waals surface area contributed by atoms with Crippen molar-refractivity contribution in [3.05, 3.63) is 46.2 Å². The Balaban J connectivity index is 1.66. The van der Waals surface area contributed by atoms with Gasteiger partial charge in [-0.15, -0.1) is 11.3 Å². The Morgan fingerprint density at radius 1 is 1.20 bits per heavy atom. The van der Waals surface area contributed by atoms with E-state index in [0.717, 1.165) is 31.9 Å². The van der Waals surface area contributed by atoms with E-state index in [4.69, 9.17) is 18.9 Å². The van der Waals surface area contributed by atoms with Gasteiger partial charge in [-0.2, -0.15) is 0 Å². The van der Waals surface area contributed by atoms with Crippen molar-refractivity contribution >= 4 is 23.3 Å². The summed E-state index contributed by atoms with van der Waals surface area (Å²) in [5, 5.41) is 5.09. The summed E-state index contributed by atoms with van der Waals surface area (Å²) >= 11 is 1.71. The van der Waals surface area contributed by atoms with Crippen LogP contribution >= 0.6 is 11.3 Å².